The Balaban J connectivity index is 1.77. The zero-order valence-corrected chi connectivity index (χ0v) is 20.3. The van der Waals surface area contributed by atoms with Crippen molar-refractivity contribution in [2.24, 2.45) is 23.2 Å². The number of hydrogen-bond donors (Lipinski definition) is 3. The summed E-state index contributed by atoms with van der Waals surface area (Å²) in [5.41, 5.74) is 1.83. The second-order valence-electron chi connectivity index (χ2n) is 11.5. The van der Waals surface area contributed by atoms with Crippen LogP contribution in [0.1, 0.15) is 86.0 Å². The fraction of sp³-hybridized carbons (Fsp3) is 0.714. The van der Waals surface area contributed by atoms with Gasteiger partial charge >= 0.3 is 0 Å². The third kappa shape index (κ3) is 5.10. The molecule has 0 aliphatic heterocycles. The first-order chi connectivity index (χ1) is 14.3. The van der Waals surface area contributed by atoms with Gasteiger partial charge in [0.2, 0.25) is 0 Å². The van der Waals surface area contributed by atoms with E-state index in [1.807, 2.05) is 0 Å². The molecule has 3 N–H and O–H groups in total. The van der Waals surface area contributed by atoms with Crippen LogP contribution in [-0.2, 0) is 0 Å². The van der Waals surface area contributed by atoms with E-state index < -0.39 is 11.2 Å². The summed E-state index contributed by atoms with van der Waals surface area (Å²) in [6, 6.07) is 0. The molecule has 0 bridgehead atoms. The maximum atomic E-state index is 10.6. The maximum Gasteiger partial charge on any atom is 0.108 e. The van der Waals surface area contributed by atoms with E-state index in [9.17, 15) is 15.3 Å². The summed E-state index contributed by atoms with van der Waals surface area (Å²) in [4.78, 5) is 0. The number of hydrogen-bond acceptors (Lipinski definition) is 3. The van der Waals surface area contributed by atoms with Gasteiger partial charge in [0.1, 0.15) is 5.60 Å². The third-order valence-corrected chi connectivity index (χ3v) is 8.82. The molecule has 3 aliphatic rings. The number of allylic oxidation sites excluding steroid dienone is 5. The Hall–Kier alpha value is -1.16. The molecule has 3 rings (SSSR count). The van der Waals surface area contributed by atoms with Gasteiger partial charge in [-0.25, -0.2) is 0 Å². The fourth-order valence-corrected chi connectivity index (χ4v) is 6.22. The Morgan fingerprint density at radius 2 is 1.81 bits per heavy atom. The van der Waals surface area contributed by atoms with Gasteiger partial charge in [-0.3, -0.25) is 0 Å². The van der Waals surface area contributed by atoms with Gasteiger partial charge in [0, 0.05) is 0 Å². The average Bonchev–Trinajstić information content (AvgIpc) is 3.03. The second-order valence-corrected chi connectivity index (χ2v) is 11.5. The van der Waals surface area contributed by atoms with Crippen LogP contribution in [0.2, 0.25) is 0 Å². The predicted octanol–water partition coefficient (Wildman–Crippen LogP) is 5.87. The predicted molar refractivity (Wildman–Crippen MR) is 129 cm³/mol. The van der Waals surface area contributed by atoms with E-state index in [1.165, 1.54) is 43.3 Å². The van der Waals surface area contributed by atoms with Gasteiger partial charge in [0.25, 0.3) is 0 Å². The highest BCUT2D eigenvalue weighted by molar-refractivity contribution is 5.36. The molecule has 6 atom stereocenters. The number of rotatable bonds is 5. The molecule has 0 aromatic heterocycles. The zero-order valence-electron chi connectivity index (χ0n) is 20.3. The van der Waals surface area contributed by atoms with Gasteiger partial charge in [-0.2, -0.15) is 0 Å². The summed E-state index contributed by atoms with van der Waals surface area (Å²) >= 11 is 0. The Bertz CT molecular complexity index is 764. The van der Waals surface area contributed by atoms with Gasteiger partial charge in [0.05, 0.1) is 11.7 Å². The third-order valence-electron chi connectivity index (χ3n) is 8.82. The van der Waals surface area contributed by atoms with E-state index in [1.54, 1.807) is 32.4 Å². The van der Waals surface area contributed by atoms with Crippen LogP contribution in [0.15, 0.2) is 47.6 Å². The van der Waals surface area contributed by atoms with Crippen molar-refractivity contribution < 1.29 is 15.3 Å². The van der Waals surface area contributed by atoms with Crippen molar-refractivity contribution in [3.63, 3.8) is 0 Å². The van der Waals surface area contributed by atoms with Crippen LogP contribution < -0.4 is 0 Å². The van der Waals surface area contributed by atoms with Crippen molar-refractivity contribution in [2.75, 3.05) is 0 Å². The van der Waals surface area contributed by atoms with E-state index in [2.05, 4.69) is 38.7 Å². The smallest absolute Gasteiger partial charge is 0.108 e. The van der Waals surface area contributed by atoms with Crippen LogP contribution in [0.5, 0.6) is 0 Å². The highest BCUT2D eigenvalue weighted by Crippen LogP contribution is 2.59. The van der Waals surface area contributed by atoms with Crippen LogP contribution >= 0.6 is 0 Å². The monoisotopic (exact) mass is 428 g/mol. The number of fused-ring (bicyclic) bond motifs is 1. The van der Waals surface area contributed by atoms with Crippen molar-refractivity contribution in [1.29, 1.82) is 0 Å². The Morgan fingerprint density at radius 3 is 2.48 bits per heavy atom. The minimum absolute atomic E-state index is 0.226. The second kappa shape index (κ2) is 9.00. The molecule has 0 radical (unpaired) electrons. The van der Waals surface area contributed by atoms with Gasteiger partial charge in [-0.1, -0.05) is 55.9 Å². The summed E-state index contributed by atoms with van der Waals surface area (Å²) < 4.78 is 0. The standard InChI is InChI=1S/C28H44O3/c1-19-9-12-23(29)18-22(19)11-10-21-8-7-16-27(5)24(13-14-25(21)27)20(2)15-17-28(6,31)26(3,4)30/h10-11,15,17,20,23-25,29-31H,1,7-9,12-14,16,18H2,2-6H3/t20-,23+,24-,25+,27-,28?/m1/s1. The molecule has 0 spiro atoms. The van der Waals surface area contributed by atoms with Crippen molar-refractivity contribution in [3.8, 4) is 0 Å². The van der Waals surface area contributed by atoms with E-state index in [-0.39, 0.29) is 11.5 Å². The quantitative estimate of drug-likeness (QED) is 0.480. The Labute approximate surface area is 189 Å². The molecule has 1 unspecified atom stereocenters. The molecule has 3 nitrogen and oxygen atoms in total. The molecule has 0 amide bonds. The van der Waals surface area contributed by atoms with Gasteiger partial charge < -0.3 is 15.3 Å². The van der Waals surface area contributed by atoms with Crippen molar-refractivity contribution in [1.82, 2.24) is 0 Å². The normalized spacial score (nSPS) is 37.9. The number of aliphatic hydroxyl groups excluding tert-OH is 1. The highest BCUT2D eigenvalue weighted by Gasteiger charge is 2.50. The average molecular weight is 429 g/mol. The topological polar surface area (TPSA) is 60.7 Å². The first-order valence-electron chi connectivity index (χ1n) is 12.2. The summed E-state index contributed by atoms with van der Waals surface area (Å²) in [5.74, 6) is 1.54. The van der Waals surface area contributed by atoms with Crippen molar-refractivity contribution in [3.05, 3.63) is 47.6 Å². The van der Waals surface area contributed by atoms with E-state index in [0.717, 1.165) is 19.3 Å². The molecule has 0 aromatic rings. The Morgan fingerprint density at radius 1 is 1.10 bits per heavy atom. The first kappa shape index (κ1) is 24.5. The minimum atomic E-state index is -1.24. The molecule has 3 heteroatoms. The minimum Gasteiger partial charge on any atom is -0.393 e. The SMILES string of the molecule is C=C1CC[C@H](O)CC1=CC=C1CCC[C@]2(C)[C@@H]([C@H](C)C=CC(C)(O)C(C)(C)O)CC[C@@H]12. The molecular weight excluding hydrogens is 384 g/mol. The molecule has 31 heavy (non-hydrogen) atoms. The van der Waals surface area contributed by atoms with Crippen LogP contribution in [0.3, 0.4) is 0 Å². The summed E-state index contributed by atoms with van der Waals surface area (Å²) in [6.45, 7) is 13.9. The lowest BCUT2D eigenvalue weighted by atomic mass is 9.61. The van der Waals surface area contributed by atoms with Crippen LogP contribution in [-0.4, -0.2) is 32.6 Å². The maximum absolute atomic E-state index is 10.6. The molecule has 3 saturated carbocycles. The highest BCUT2D eigenvalue weighted by atomic mass is 16.3. The zero-order chi connectivity index (χ0) is 23.0. The lowest BCUT2D eigenvalue weighted by Crippen LogP contribution is -2.46. The molecule has 3 fully saturated rings. The van der Waals surface area contributed by atoms with Crippen molar-refractivity contribution in [2.45, 2.75) is 103 Å². The van der Waals surface area contributed by atoms with Gasteiger partial charge in [-0.15, -0.1) is 0 Å². The van der Waals surface area contributed by atoms with E-state index in [0.29, 0.717) is 17.8 Å². The largest absolute Gasteiger partial charge is 0.393 e. The van der Waals surface area contributed by atoms with Crippen LogP contribution in [0.25, 0.3) is 0 Å². The summed E-state index contributed by atoms with van der Waals surface area (Å²) in [6.07, 6.45) is 16.8. The lowest BCUT2D eigenvalue weighted by Gasteiger charge is -2.44. The first-order valence-corrected chi connectivity index (χ1v) is 12.2. The Kier molecular flexibility index (Phi) is 7.11. The molecule has 174 valence electrons. The van der Waals surface area contributed by atoms with E-state index >= 15 is 0 Å². The fourth-order valence-electron chi connectivity index (χ4n) is 6.22. The molecular formula is C28H44O3. The molecule has 0 heterocycles. The van der Waals surface area contributed by atoms with E-state index in [4.69, 9.17) is 0 Å². The number of aliphatic hydroxyl groups is 3. The van der Waals surface area contributed by atoms with Crippen LogP contribution in [0, 0.1) is 23.2 Å². The summed E-state index contributed by atoms with van der Waals surface area (Å²) in [5, 5.41) is 30.9. The lowest BCUT2D eigenvalue weighted by molar-refractivity contribution is -0.0886. The van der Waals surface area contributed by atoms with Gasteiger partial charge in [-0.05, 0) is 101 Å². The summed E-state index contributed by atoms with van der Waals surface area (Å²) in [7, 11) is 0. The van der Waals surface area contributed by atoms with Crippen LogP contribution in [0.4, 0.5) is 0 Å². The molecule has 3 aliphatic carbocycles. The van der Waals surface area contributed by atoms with Crippen molar-refractivity contribution >= 4 is 0 Å². The van der Waals surface area contributed by atoms with Gasteiger partial charge in [0.15, 0.2) is 0 Å². The molecule has 0 saturated heterocycles. The molecule has 0 aromatic carbocycles.